The van der Waals surface area contributed by atoms with Gasteiger partial charge in [0.15, 0.2) is 11.5 Å². The van der Waals surface area contributed by atoms with E-state index in [1.807, 2.05) is 65.7 Å². The van der Waals surface area contributed by atoms with Crippen molar-refractivity contribution in [2.24, 2.45) is 0 Å². The summed E-state index contributed by atoms with van der Waals surface area (Å²) in [6.45, 7) is 1.65. The van der Waals surface area contributed by atoms with Crippen LogP contribution < -0.4 is 24.4 Å². The third-order valence-electron chi connectivity index (χ3n) is 6.86. The van der Waals surface area contributed by atoms with E-state index in [-0.39, 0.29) is 30.4 Å². The van der Waals surface area contributed by atoms with Crippen LogP contribution in [-0.2, 0) is 11.3 Å². The van der Waals surface area contributed by atoms with Crippen LogP contribution in [0.5, 0.6) is 17.2 Å². The number of rotatable bonds is 6. The highest BCUT2D eigenvalue weighted by Crippen LogP contribution is 2.37. The SMILES string of the molecule is COc1ccc(N2CC(NC(=O)N3CCn4cccc4C3c3ccc(OC)c(OC)c3)CC2=O)cc1. The van der Waals surface area contributed by atoms with Crippen LogP contribution in [-0.4, -0.2) is 61.9 Å². The van der Waals surface area contributed by atoms with E-state index in [9.17, 15) is 9.59 Å². The van der Waals surface area contributed by atoms with E-state index in [1.54, 1.807) is 26.2 Å². The number of hydrogen-bond donors (Lipinski definition) is 1. The number of anilines is 1. The average molecular weight is 491 g/mol. The Kier molecular flexibility index (Phi) is 6.45. The molecule has 188 valence electrons. The highest BCUT2D eigenvalue weighted by atomic mass is 16.5. The summed E-state index contributed by atoms with van der Waals surface area (Å²) in [5, 5.41) is 3.11. The van der Waals surface area contributed by atoms with Crippen molar-refractivity contribution in [2.75, 3.05) is 39.3 Å². The van der Waals surface area contributed by atoms with Gasteiger partial charge < -0.3 is 33.9 Å². The van der Waals surface area contributed by atoms with Crippen LogP contribution in [0.3, 0.4) is 0 Å². The van der Waals surface area contributed by atoms with Gasteiger partial charge in [-0.3, -0.25) is 4.79 Å². The number of aromatic nitrogens is 1. The largest absolute Gasteiger partial charge is 0.497 e. The molecule has 2 atom stereocenters. The third kappa shape index (κ3) is 4.32. The van der Waals surface area contributed by atoms with E-state index >= 15 is 0 Å². The highest BCUT2D eigenvalue weighted by molar-refractivity contribution is 5.96. The Morgan fingerprint density at radius 2 is 1.72 bits per heavy atom. The summed E-state index contributed by atoms with van der Waals surface area (Å²) in [5.74, 6) is 1.95. The first-order valence-corrected chi connectivity index (χ1v) is 11.9. The first kappa shape index (κ1) is 23.6. The number of urea groups is 1. The van der Waals surface area contributed by atoms with E-state index in [0.717, 1.165) is 22.7 Å². The molecule has 2 unspecified atom stereocenters. The van der Waals surface area contributed by atoms with Gasteiger partial charge in [0.05, 0.1) is 33.4 Å². The van der Waals surface area contributed by atoms with Gasteiger partial charge in [0, 0.05) is 43.6 Å². The summed E-state index contributed by atoms with van der Waals surface area (Å²) in [7, 11) is 4.80. The molecule has 1 fully saturated rings. The van der Waals surface area contributed by atoms with E-state index in [0.29, 0.717) is 31.1 Å². The summed E-state index contributed by atoms with van der Waals surface area (Å²) in [5.41, 5.74) is 2.73. The first-order valence-electron chi connectivity index (χ1n) is 11.9. The van der Waals surface area contributed by atoms with Gasteiger partial charge in [-0.25, -0.2) is 4.79 Å². The Hall–Kier alpha value is -4.14. The molecule has 0 spiro atoms. The van der Waals surface area contributed by atoms with Gasteiger partial charge in [-0.2, -0.15) is 0 Å². The molecule has 0 bridgehead atoms. The Morgan fingerprint density at radius 1 is 0.944 bits per heavy atom. The Morgan fingerprint density at radius 3 is 2.44 bits per heavy atom. The normalized spacial score (nSPS) is 19.1. The summed E-state index contributed by atoms with van der Waals surface area (Å²) in [6.07, 6.45) is 2.28. The zero-order valence-corrected chi connectivity index (χ0v) is 20.6. The molecule has 9 nitrogen and oxygen atoms in total. The maximum Gasteiger partial charge on any atom is 0.318 e. The van der Waals surface area contributed by atoms with E-state index in [2.05, 4.69) is 9.88 Å². The van der Waals surface area contributed by atoms with E-state index in [4.69, 9.17) is 14.2 Å². The van der Waals surface area contributed by atoms with Crippen molar-refractivity contribution in [1.82, 2.24) is 14.8 Å². The molecule has 0 radical (unpaired) electrons. The lowest BCUT2D eigenvalue weighted by Crippen LogP contribution is -2.50. The minimum Gasteiger partial charge on any atom is -0.497 e. The molecule has 3 heterocycles. The number of carbonyl (C=O) groups excluding carboxylic acids is 2. The maximum absolute atomic E-state index is 13.6. The zero-order chi connectivity index (χ0) is 25.2. The fraction of sp³-hybridized carbons (Fsp3) is 0.333. The molecule has 5 rings (SSSR count). The summed E-state index contributed by atoms with van der Waals surface area (Å²) >= 11 is 0. The van der Waals surface area contributed by atoms with Gasteiger partial charge in [0.1, 0.15) is 5.75 Å². The number of benzene rings is 2. The Bertz CT molecular complexity index is 1260. The monoisotopic (exact) mass is 490 g/mol. The number of carbonyl (C=O) groups is 2. The topological polar surface area (TPSA) is 85.3 Å². The van der Waals surface area contributed by atoms with Crippen LogP contribution in [0.15, 0.2) is 60.8 Å². The van der Waals surface area contributed by atoms with Crippen molar-refractivity contribution >= 4 is 17.6 Å². The predicted octanol–water partition coefficient (Wildman–Crippen LogP) is 3.43. The van der Waals surface area contributed by atoms with Crippen molar-refractivity contribution in [3.8, 4) is 17.2 Å². The summed E-state index contributed by atoms with van der Waals surface area (Å²) in [4.78, 5) is 29.9. The number of nitrogens with zero attached hydrogens (tertiary/aromatic N) is 3. The molecule has 9 heteroatoms. The van der Waals surface area contributed by atoms with Crippen LogP contribution in [0.2, 0.25) is 0 Å². The fourth-order valence-electron chi connectivity index (χ4n) is 5.05. The molecule has 2 aliphatic heterocycles. The summed E-state index contributed by atoms with van der Waals surface area (Å²) in [6, 6.07) is 16.3. The number of fused-ring (bicyclic) bond motifs is 1. The lowest BCUT2D eigenvalue weighted by atomic mass is 9.99. The van der Waals surface area contributed by atoms with Gasteiger partial charge in [-0.1, -0.05) is 6.07 Å². The molecule has 3 aromatic rings. The number of nitrogens with one attached hydrogen (secondary N) is 1. The number of amides is 3. The molecule has 36 heavy (non-hydrogen) atoms. The Balaban J connectivity index is 1.36. The number of hydrogen-bond acceptors (Lipinski definition) is 5. The molecular formula is C27H30N4O5. The van der Waals surface area contributed by atoms with Crippen molar-refractivity contribution in [3.05, 3.63) is 72.1 Å². The molecule has 1 N–H and O–H groups in total. The molecule has 2 aliphatic rings. The van der Waals surface area contributed by atoms with Crippen LogP contribution in [0.25, 0.3) is 0 Å². The van der Waals surface area contributed by atoms with Gasteiger partial charge in [-0.05, 0) is 54.1 Å². The second-order valence-corrected chi connectivity index (χ2v) is 8.89. The average Bonchev–Trinajstić information content (AvgIpc) is 3.53. The third-order valence-corrected chi connectivity index (χ3v) is 6.86. The smallest absolute Gasteiger partial charge is 0.318 e. The van der Waals surface area contributed by atoms with Crippen molar-refractivity contribution in [2.45, 2.75) is 25.0 Å². The second kappa shape index (κ2) is 9.85. The van der Waals surface area contributed by atoms with E-state index < -0.39 is 0 Å². The van der Waals surface area contributed by atoms with Gasteiger partial charge in [0.25, 0.3) is 0 Å². The minimum atomic E-state index is -0.302. The molecule has 2 aromatic carbocycles. The molecule has 1 saturated heterocycles. The molecule has 3 amide bonds. The fourth-order valence-corrected chi connectivity index (χ4v) is 5.05. The maximum atomic E-state index is 13.6. The van der Waals surface area contributed by atoms with Gasteiger partial charge in [0.2, 0.25) is 5.91 Å². The van der Waals surface area contributed by atoms with Crippen LogP contribution in [0, 0.1) is 0 Å². The highest BCUT2D eigenvalue weighted by Gasteiger charge is 2.36. The molecule has 1 aromatic heterocycles. The first-order chi connectivity index (χ1) is 17.5. The Labute approximate surface area is 210 Å². The zero-order valence-electron chi connectivity index (χ0n) is 20.6. The quantitative estimate of drug-likeness (QED) is 0.572. The predicted molar refractivity (Wildman–Crippen MR) is 135 cm³/mol. The molecule has 0 aliphatic carbocycles. The van der Waals surface area contributed by atoms with Crippen LogP contribution in [0.1, 0.15) is 23.7 Å². The van der Waals surface area contributed by atoms with Gasteiger partial charge in [-0.15, -0.1) is 0 Å². The van der Waals surface area contributed by atoms with Crippen molar-refractivity contribution in [1.29, 1.82) is 0 Å². The van der Waals surface area contributed by atoms with Gasteiger partial charge >= 0.3 is 6.03 Å². The number of ether oxygens (including phenoxy) is 3. The minimum absolute atomic E-state index is 0.0190. The van der Waals surface area contributed by atoms with E-state index in [1.165, 1.54) is 0 Å². The van der Waals surface area contributed by atoms with Crippen LogP contribution >= 0.6 is 0 Å². The number of methoxy groups -OCH3 is 3. The van der Waals surface area contributed by atoms with Crippen molar-refractivity contribution < 1.29 is 23.8 Å². The molecule has 0 saturated carbocycles. The van der Waals surface area contributed by atoms with Crippen LogP contribution in [0.4, 0.5) is 10.5 Å². The second-order valence-electron chi connectivity index (χ2n) is 8.89. The standard InChI is InChI=1S/C27H30N4O5/c1-34-21-9-7-20(8-10-21)31-17-19(16-25(31)32)28-27(33)30-14-13-29-12-4-5-22(29)26(30)18-6-11-23(35-2)24(15-18)36-3/h4-12,15,19,26H,13-14,16-17H2,1-3H3,(H,28,33). The summed E-state index contributed by atoms with van der Waals surface area (Å²) < 4.78 is 18.3. The van der Waals surface area contributed by atoms with Crippen molar-refractivity contribution in [3.63, 3.8) is 0 Å². The lowest BCUT2D eigenvalue weighted by molar-refractivity contribution is -0.117. The molecular weight excluding hydrogens is 460 g/mol. The lowest BCUT2D eigenvalue weighted by Gasteiger charge is -2.38.